The summed E-state index contributed by atoms with van der Waals surface area (Å²) in [5.41, 5.74) is 8.94. The Morgan fingerprint density at radius 2 is 1.55 bits per heavy atom. The number of aromatic nitrogens is 3. The van der Waals surface area contributed by atoms with Gasteiger partial charge in [-0.3, -0.25) is 0 Å². The van der Waals surface area contributed by atoms with E-state index in [1.165, 1.54) is 12.8 Å². The number of benzene rings is 2. The van der Waals surface area contributed by atoms with Gasteiger partial charge in [-0.05, 0) is 55.3 Å². The Morgan fingerprint density at radius 3 is 2.31 bits per heavy atom. The van der Waals surface area contributed by atoms with Crippen LogP contribution in [0.2, 0.25) is 0 Å². The van der Waals surface area contributed by atoms with E-state index >= 15 is 0 Å². The smallest absolute Gasteiger partial charge is 0.160 e. The number of nitrogen functional groups attached to an aromatic ring is 1. The molecule has 1 saturated carbocycles. The lowest BCUT2D eigenvalue weighted by molar-refractivity contribution is 0.483. The molecule has 2 N–H and O–H groups in total. The van der Waals surface area contributed by atoms with Gasteiger partial charge in [-0.25, -0.2) is 15.0 Å². The van der Waals surface area contributed by atoms with Crippen LogP contribution in [0, 0.1) is 0 Å². The first-order chi connectivity index (χ1) is 14.3. The van der Waals surface area contributed by atoms with Crippen LogP contribution in [0.3, 0.4) is 0 Å². The highest BCUT2D eigenvalue weighted by Gasteiger charge is 2.23. The standard InChI is InChI=1S/C24H22N4O/c25-23-22-20(14-15-26-23)21(16-6-4-5-7-16)27-24(28-22)17-10-12-19(13-11-17)29-18-8-2-1-3-9-18/h1-3,8-16H,4-7H2,(H2,25,26). The van der Waals surface area contributed by atoms with Gasteiger partial charge in [0.1, 0.15) is 22.8 Å². The average molecular weight is 382 g/mol. The topological polar surface area (TPSA) is 73.9 Å². The Morgan fingerprint density at radius 1 is 0.828 bits per heavy atom. The van der Waals surface area contributed by atoms with Gasteiger partial charge in [0.25, 0.3) is 0 Å². The van der Waals surface area contributed by atoms with Crippen molar-refractivity contribution >= 4 is 16.7 Å². The predicted octanol–water partition coefficient (Wildman–Crippen LogP) is 5.72. The Balaban J connectivity index is 1.53. The molecule has 144 valence electrons. The normalized spacial score (nSPS) is 14.3. The molecule has 29 heavy (non-hydrogen) atoms. The van der Waals surface area contributed by atoms with Crippen LogP contribution in [0.25, 0.3) is 22.3 Å². The van der Waals surface area contributed by atoms with Crippen LogP contribution in [0.15, 0.2) is 66.9 Å². The number of pyridine rings is 1. The largest absolute Gasteiger partial charge is 0.457 e. The van der Waals surface area contributed by atoms with Crippen molar-refractivity contribution in [3.8, 4) is 22.9 Å². The molecule has 0 atom stereocenters. The van der Waals surface area contributed by atoms with Gasteiger partial charge >= 0.3 is 0 Å². The van der Waals surface area contributed by atoms with E-state index < -0.39 is 0 Å². The monoisotopic (exact) mass is 382 g/mol. The number of fused-ring (bicyclic) bond motifs is 1. The zero-order valence-electron chi connectivity index (χ0n) is 16.1. The van der Waals surface area contributed by atoms with Crippen LogP contribution in [0.4, 0.5) is 5.82 Å². The predicted molar refractivity (Wildman–Crippen MR) is 115 cm³/mol. The molecule has 2 aromatic heterocycles. The lowest BCUT2D eigenvalue weighted by Gasteiger charge is -2.14. The second kappa shape index (κ2) is 7.51. The summed E-state index contributed by atoms with van der Waals surface area (Å²) in [6, 6.07) is 19.6. The molecule has 0 aliphatic heterocycles. The molecule has 5 nitrogen and oxygen atoms in total. The minimum Gasteiger partial charge on any atom is -0.457 e. The molecule has 1 aliphatic rings. The quantitative estimate of drug-likeness (QED) is 0.488. The maximum Gasteiger partial charge on any atom is 0.160 e. The van der Waals surface area contributed by atoms with Gasteiger partial charge in [0, 0.05) is 23.1 Å². The molecule has 0 bridgehead atoms. The highest BCUT2D eigenvalue weighted by molar-refractivity contribution is 5.90. The van der Waals surface area contributed by atoms with Gasteiger partial charge < -0.3 is 10.5 Å². The lowest BCUT2D eigenvalue weighted by Crippen LogP contribution is -2.04. The van der Waals surface area contributed by atoms with E-state index in [2.05, 4.69) is 4.98 Å². The Labute approximate surface area is 169 Å². The minimum atomic E-state index is 0.453. The Hall–Kier alpha value is -3.47. The third-order valence-corrected chi connectivity index (χ3v) is 5.51. The molecule has 2 heterocycles. The molecule has 0 saturated heterocycles. The van der Waals surface area contributed by atoms with E-state index in [-0.39, 0.29) is 0 Å². The van der Waals surface area contributed by atoms with E-state index in [0.717, 1.165) is 46.5 Å². The molecule has 5 heteroatoms. The molecule has 0 radical (unpaired) electrons. The van der Waals surface area contributed by atoms with Crippen LogP contribution in [0.1, 0.15) is 37.3 Å². The van der Waals surface area contributed by atoms with Gasteiger partial charge in [0.05, 0.1) is 5.69 Å². The van der Waals surface area contributed by atoms with Crippen molar-refractivity contribution in [3.63, 3.8) is 0 Å². The molecule has 0 amide bonds. The fourth-order valence-electron chi connectivity index (χ4n) is 4.04. The molecule has 2 aromatic carbocycles. The summed E-state index contributed by atoms with van der Waals surface area (Å²) in [7, 11) is 0. The second-order valence-electron chi connectivity index (χ2n) is 7.45. The van der Waals surface area contributed by atoms with Crippen molar-refractivity contribution in [2.24, 2.45) is 0 Å². The molecule has 5 rings (SSSR count). The number of anilines is 1. The van der Waals surface area contributed by atoms with Crippen molar-refractivity contribution in [2.45, 2.75) is 31.6 Å². The number of hydrogen-bond acceptors (Lipinski definition) is 5. The van der Waals surface area contributed by atoms with Crippen molar-refractivity contribution in [1.29, 1.82) is 0 Å². The average Bonchev–Trinajstić information content (AvgIpc) is 3.30. The molecule has 4 aromatic rings. The van der Waals surface area contributed by atoms with Crippen molar-refractivity contribution < 1.29 is 4.74 Å². The third-order valence-electron chi connectivity index (χ3n) is 5.51. The van der Waals surface area contributed by atoms with E-state index in [4.69, 9.17) is 20.4 Å². The first-order valence-electron chi connectivity index (χ1n) is 10.0. The van der Waals surface area contributed by atoms with Crippen LogP contribution >= 0.6 is 0 Å². The number of rotatable bonds is 4. The number of ether oxygens (including phenoxy) is 1. The van der Waals surface area contributed by atoms with E-state index in [9.17, 15) is 0 Å². The van der Waals surface area contributed by atoms with Gasteiger partial charge in [-0.15, -0.1) is 0 Å². The van der Waals surface area contributed by atoms with Crippen LogP contribution in [-0.2, 0) is 0 Å². The maximum absolute atomic E-state index is 6.16. The summed E-state index contributed by atoms with van der Waals surface area (Å²) in [5.74, 6) is 3.18. The first kappa shape index (κ1) is 17.6. The third kappa shape index (κ3) is 3.51. The van der Waals surface area contributed by atoms with E-state index in [1.807, 2.05) is 60.7 Å². The van der Waals surface area contributed by atoms with Crippen molar-refractivity contribution in [1.82, 2.24) is 15.0 Å². The highest BCUT2D eigenvalue weighted by atomic mass is 16.5. The lowest BCUT2D eigenvalue weighted by atomic mass is 9.99. The highest BCUT2D eigenvalue weighted by Crippen LogP contribution is 2.38. The summed E-state index contributed by atoms with van der Waals surface area (Å²) >= 11 is 0. The summed E-state index contributed by atoms with van der Waals surface area (Å²) in [4.78, 5) is 14.0. The fraction of sp³-hybridized carbons (Fsp3) is 0.208. The molecule has 0 unspecified atom stereocenters. The van der Waals surface area contributed by atoms with Crippen LogP contribution in [-0.4, -0.2) is 15.0 Å². The number of nitrogens with zero attached hydrogens (tertiary/aromatic N) is 3. The van der Waals surface area contributed by atoms with Gasteiger partial charge in [0.2, 0.25) is 0 Å². The van der Waals surface area contributed by atoms with Gasteiger partial charge in [-0.2, -0.15) is 0 Å². The SMILES string of the molecule is Nc1nccc2c(C3CCCC3)nc(-c3ccc(Oc4ccccc4)cc3)nc12. The van der Waals surface area contributed by atoms with Crippen LogP contribution < -0.4 is 10.5 Å². The second-order valence-corrected chi connectivity index (χ2v) is 7.45. The van der Waals surface area contributed by atoms with Gasteiger partial charge in [-0.1, -0.05) is 31.0 Å². The van der Waals surface area contributed by atoms with E-state index in [0.29, 0.717) is 17.6 Å². The Bertz CT molecular complexity index is 1140. The number of nitrogens with two attached hydrogens (primary N) is 1. The maximum atomic E-state index is 6.16. The van der Waals surface area contributed by atoms with Crippen molar-refractivity contribution in [3.05, 3.63) is 72.6 Å². The van der Waals surface area contributed by atoms with Crippen LogP contribution in [0.5, 0.6) is 11.5 Å². The molecule has 1 aliphatic carbocycles. The van der Waals surface area contributed by atoms with E-state index in [1.54, 1.807) is 6.20 Å². The first-order valence-corrected chi connectivity index (χ1v) is 10.0. The van der Waals surface area contributed by atoms with Crippen molar-refractivity contribution in [2.75, 3.05) is 5.73 Å². The number of hydrogen-bond donors (Lipinski definition) is 1. The fourth-order valence-corrected chi connectivity index (χ4v) is 4.04. The molecule has 0 spiro atoms. The summed E-state index contributed by atoms with van der Waals surface area (Å²) in [6.45, 7) is 0. The summed E-state index contributed by atoms with van der Waals surface area (Å²) < 4.78 is 5.89. The molecular formula is C24H22N4O. The summed E-state index contributed by atoms with van der Waals surface area (Å²) in [6.07, 6.45) is 6.57. The zero-order valence-corrected chi connectivity index (χ0v) is 16.1. The Kier molecular flexibility index (Phi) is 4.56. The molecular weight excluding hydrogens is 360 g/mol. The minimum absolute atomic E-state index is 0.453. The summed E-state index contributed by atoms with van der Waals surface area (Å²) in [5, 5.41) is 1.03. The zero-order chi connectivity index (χ0) is 19.6. The number of para-hydroxylation sites is 1. The molecule has 1 fully saturated rings. The van der Waals surface area contributed by atoms with Gasteiger partial charge in [0.15, 0.2) is 5.82 Å².